The number of sulfonamides is 2. The number of aliphatic carboxylic acids is 2. The van der Waals surface area contributed by atoms with E-state index in [1.807, 2.05) is 23.3 Å². The third-order valence-electron chi connectivity index (χ3n) is 3.49. The predicted octanol–water partition coefficient (Wildman–Crippen LogP) is 0.716. The standard InChI is InChI=1S/2C9H11NO4S/c2*1-7-2-4-8(5-3-7)15(13,14)10-6-9(11)12/h2*2-5,10H,6H2,1H3,(H,11,12). The molecule has 0 aliphatic heterocycles. The van der Waals surface area contributed by atoms with Crippen LogP contribution in [0.5, 0.6) is 0 Å². The molecule has 0 amide bonds. The van der Waals surface area contributed by atoms with Gasteiger partial charge in [0.05, 0.1) is 9.79 Å². The van der Waals surface area contributed by atoms with E-state index in [2.05, 4.69) is 0 Å². The van der Waals surface area contributed by atoms with Crippen molar-refractivity contribution in [2.75, 3.05) is 13.1 Å². The molecule has 0 heterocycles. The highest BCUT2D eigenvalue weighted by Crippen LogP contribution is 2.10. The lowest BCUT2D eigenvalue weighted by molar-refractivity contribution is -0.136. The van der Waals surface area contributed by atoms with Crippen molar-refractivity contribution in [3.05, 3.63) is 59.7 Å². The van der Waals surface area contributed by atoms with Crippen molar-refractivity contribution in [2.24, 2.45) is 0 Å². The maximum atomic E-state index is 11.5. The van der Waals surface area contributed by atoms with Gasteiger partial charge in [0.15, 0.2) is 0 Å². The molecule has 0 bridgehead atoms. The van der Waals surface area contributed by atoms with Gasteiger partial charge in [-0.3, -0.25) is 9.59 Å². The second-order valence-corrected chi connectivity index (χ2v) is 9.60. The molecule has 0 saturated carbocycles. The Labute approximate surface area is 174 Å². The van der Waals surface area contributed by atoms with Crippen molar-refractivity contribution in [3.63, 3.8) is 0 Å². The molecule has 2 aromatic carbocycles. The fraction of sp³-hybridized carbons (Fsp3) is 0.222. The minimum Gasteiger partial charge on any atom is -0.480 e. The van der Waals surface area contributed by atoms with Gasteiger partial charge in [0.2, 0.25) is 20.0 Å². The van der Waals surface area contributed by atoms with Crippen molar-refractivity contribution >= 4 is 32.0 Å². The number of aryl methyl sites for hydroxylation is 2. The number of carbonyl (C=O) groups is 2. The van der Waals surface area contributed by atoms with E-state index in [1.165, 1.54) is 24.3 Å². The SMILES string of the molecule is Cc1ccc(S(=O)(=O)NCC(=O)O)cc1.Cc1ccc(S(=O)(=O)NCC(=O)O)cc1. The zero-order valence-electron chi connectivity index (χ0n) is 16.2. The molecule has 2 rings (SSSR count). The largest absolute Gasteiger partial charge is 0.480 e. The first kappa shape index (κ1) is 25.2. The molecule has 10 nitrogen and oxygen atoms in total. The molecule has 30 heavy (non-hydrogen) atoms. The number of hydrogen-bond acceptors (Lipinski definition) is 6. The second kappa shape index (κ2) is 10.8. The summed E-state index contributed by atoms with van der Waals surface area (Å²) in [7, 11) is -7.41. The van der Waals surface area contributed by atoms with Gasteiger partial charge < -0.3 is 10.2 Å². The fourth-order valence-corrected chi connectivity index (χ4v) is 3.86. The Morgan fingerprint density at radius 3 is 1.17 bits per heavy atom. The van der Waals surface area contributed by atoms with Crippen LogP contribution in [-0.4, -0.2) is 52.1 Å². The van der Waals surface area contributed by atoms with E-state index in [4.69, 9.17) is 10.2 Å². The third-order valence-corrected chi connectivity index (χ3v) is 6.32. The highest BCUT2D eigenvalue weighted by atomic mass is 32.2. The predicted molar refractivity (Wildman–Crippen MR) is 108 cm³/mol. The summed E-state index contributed by atoms with van der Waals surface area (Å²) < 4.78 is 49.8. The molecule has 4 N–H and O–H groups in total. The van der Waals surface area contributed by atoms with Crippen LogP contribution in [0.15, 0.2) is 58.3 Å². The summed E-state index contributed by atoms with van der Waals surface area (Å²) in [5, 5.41) is 16.7. The molecule has 12 heteroatoms. The normalized spacial score (nSPS) is 11.3. The van der Waals surface area contributed by atoms with Crippen LogP contribution >= 0.6 is 0 Å². The van der Waals surface area contributed by atoms with Gasteiger partial charge in [-0.1, -0.05) is 35.4 Å². The maximum absolute atomic E-state index is 11.5. The fourth-order valence-electron chi connectivity index (χ4n) is 1.92. The lowest BCUT2D eigenvalue weighted by Crippen LogP contribution is -2.29. The summed E-state index contributed by atoms with van der Waals surface area (Å²) in [6, 6.07) is 12.3. The number of carboxylic acid groups (broad SMARTS) is 2. The van der Waals surface area contributed by atoms with Gasteiger partial charge in [0, 0.05) is 0 Å². The van der Waals surface area contributed by atoms with Crippen molar-refractivity contribution in [2.45, 2.75) is 23.6 Å². The summed E-state index contributed by atoms with van der Waals surface area (Å²) in [5.41, 5.74) is 1.87. The van der Waals surface area contributed by atoms with Crippen molar-refractivity contribution in [3.8, 4) is 0 Å². The van der Waals surface area contributed by atoms with Gasteiger partial charge in [-0.2, -0.15) is 9.44 Å². The van der Waals surface area contributed by atoms with Crippen LogP contribution in [0, 0.1) is 13.8 Å². The second-order valence-electron chi connectivity index (χ2n) is 6.06. The Bertz CT molecular complexity index is 989. The smallest absolute Gasteiger partial charge is 0.318 e. The van der Waals surface area contributed by atoms with Crippen molar-refractivity contribution in [1.82, 2.24) is 9.44 Å². The molecule has 0 fully saturated rings. The molecule has 0 aliphatic rings. The molecule has 0 atom stereocenters. The van der Waals surface area contributed by atoms with Crippen molar-refractivity contribution < 1.29 is 36.6 Å². The van der Waals surface area contributed by atoms with Crippen molar-refractivity contribution in [1.29, 1.82) is 0 Å². The molecular weight excluding hydrogens is 436 g/mol. The van der Waals surface area contributed by atoms with Crippen LogP contribution in [0.4, 0.5) is 0 Å². The summed E-state index contributed by atoms with van der Waals surface area (Å²) in [6.45, 7) is 2.44. The first-order valence-corrected chi connectivity index (χ1v) is 11.4. The van der Waals surface area contributed by atoms with Crippen LogP contribution < -0.4 is 9.44 Å². The molecule has 0 spiro atoms. The molecule has 164 valence electrons. The molecule has 0 unspecified atom stereocenters. The van der Waals surface area contributed by atoms with Crippen LogP contribution in [-0.2, 0) is 29.6 Å². The summed E-state index contributed by atoms with van der Waals surface area (Å²) in [6.07, 6.45) is 0. The molecule has 2 aromatic rings. The quantitative estimate of drug-likeness (QED) is 0.449. The Morgan fingerprint density at radius 1 is 0.667 bits per heavy atom. The average Bonchev–Trinajstić information content (AvgIpc) is 2.66. The van der Waals surface area contributed by atoms with E-state index < -0.39 is 45.1 Å². The van der Waals surface area contributed by atoms with E-state index in [0.29, 0.717) is 0 Å². The number of carboxylic acids is 2. The zero-order chi connectivity index (χ0) is 22.9. The van der Waals surface area contributed by atoms with E-state index in [-0.39, 0.29) is 9.79 Å². The van der Waals surface area contributed by atoms with E-state index >= 15 is 0 Å². The first-order chi connectivity index (χ1) is 13.8. The molecule has 0 aromatic heterocycles. The highest BCUT2D eigenvalue weighted by molar-refractivity contribution is 7.89. The summed E-state index contributed by atoms with van der Waals surface area (Å²) in [4.78, 5) is 20.5. The number of benzene rings is 2. The van der Waals surface area contributed by atoms with Gasteiger partial charge >= 0.3 is 11.9 Å². The number of nitrogens with one attached hydrogen (secondary N) is 2. The van der Waals surface area contributed by atoms with Crippen LogP contribution in [0.3, 0.4) is 0 Å². The minimum atomic E-state index is -3.70. The monoisotopic (exact) mass is 458 g/mol. The number of hydrogen-bond donors (Lipinski definition) is 4. The van der Waals surface area contributed by atoms with Crippen LogP contribution in [0.1, 0.15) is 11.1 Å². The third kappa shape index (κ3) is 8.69. The van der Waals surface area contributed by atoms with Gasteiger partial charge in [0.25, 0.3) is 0 Å². The van der Waals surface area contributed by atoms with Gasteiger partial charge in [-0.05, 0) is 38.1 Å². The molecule has 0 aliphatic carbocycles. The maximum Gasteiger partial charge on any atom is 0.318 e. The van der Waals surface area contributed by atoms with Gasteiger partial charge in [-0.25, -0.2) is 16.8 Å². The van der Waals surface area contributed by atoms with E-state index in [0.717, 1.165) is 11.1 Å². The van der Waals surface area contributed by atoms with E-state index in [1.54, 1.807) is 24.3 Å². The number of rotatable bonds is 8. The minimum absolute atomic E-state index is 0.0642. The Balaban J connectivity index is 0.000000300. The Hall–Kier alpha value is -2.80. The Morgan fingerprint density at radius 2 is 0.933 bits per heavy atom. The summed E-state index contributed by atoms with van der Waals surface area (Å²) >= 11 is 0. The molecule has 0 radical (unpaired) electrons. The first-order valence-electron chi connectivity index (χ1n) is 8.40. The van der Waals surface area contributed by atoms with Gasteiger partial charge in [-0.15, -0.1) is 0 Å². The average molecular weight is 459 g/mol. The van der Waals surface area contributed by atoms with Gasteiger partial charge in [0.1, 0.15) is 13.1 Å². The van der Waals surface area contributed by atoms with Crippen LogP contribution in [0.2, 0.25) is 0 Å². The lowest BCUT2D eigenvalue weighted by Gasteiger charge is -2.04. The highest BCUT2D eigenvalue weighted by Gasteiger charge is 2.15. The molecular formula is C18H22N2O8S2. The lowest BCUT2D eigenvalue weighted by atomic mass is 10.2. The Kier molecular flexibility index (Phi) is 9.11. The molecule has 0 saturated heterocycles. The zero-order valence-corrected chi connectivity index (χ0v) is 17.8. The van der Waals surface area contributed by atoms with E-state index in [9.17, 15) is 26.4 Å². The topological polar surface area (TPSA) is 167 Å². The summed E-state index contributed by atoms with van der Waals surface area (Å²) in [5.74, 6) is -2.43. The van der Waals surface area contributed by atoms with Crippen LogP contribution in [0.25, 0.3) is 0 Å².